The van der Waals surface area contributed by atoms with E-state index in [0.717, 1.165) is 23.8 Å². The number of aromatic nitrogens is 2. The number of aliphatic hydroxyl groups is 1. The van der Waals surface area contributed by atoms with Crippen LogP contribution in [0.25, 0.3) is 0 Å². The molecule has 0 bridgehead atoms. The number of aliphatic hydroxyl groups excluding tert-OH is 1. The van der Waals surface area contributed by atoms with E-state index in [1.807, 2.05) is 13.8 Å². The van der Waals surface area contributed by atoms with E-state index >= 15 is 0 Å². The van der Waals surface area contributed by atoms with Crippen LogP contribution < -0.4 is 0 Å². The van der Waals surface area contributed by atoms with E-state index in [9.17, 15) is 5.11 Å². The fourth-order valence-electron chi connectivity index (χ4n) is 1.82. The highest BCUT2D eigenvalue weighted by Crippen LogP contribution is 2.27. The second-order valence-corrected chi connectivity index (χ2v) is 5.72. The highest BCUT2D eigenvalue weighted by molar-refractivity contribution is 7.98. The van der Waals surface area contributed by atoms with Crippen LogP contribution in [0.4, 0.5) is 0 Å². The molecule has 0 saturated heterocycles. The molecular formula is C12H22N2O2S. The van der Waals surface area contributed by atoms with Crippen molar-refractivity contribution in [2.24, 2.45) is 5.92 Å². The van der Waals surface area contributed by atoms with Crippen molar-refractivity contribution < 1.29 is 9.63 Å². The Labute approximate surface area is 107 Å². The first kappa shape index (κ1) is 14.5. The van der Waals surface area contributed by atoms with Gasteiger partial charge in [-0.1, -0.05) is 25.9 Å². The molecule has 98 valence electrons. The minimum Gasteiger partial charge on any atom is -0.393 e. The van der Waals surface area contributed by atoms with Gasteiger partial charge in [0.1, 0.15) is 0 Å². The third-order valence-electron chi connectivity index (χ3n) is 2.59. The van der Waals surface area contributed by atoms with E-state index in [4.69, 9.17) is 4.52 Å². The summed E-state index contributed by atoms with van der Waals surface area (Å²) in [5.41, 5.74) is 0. The van der Waals surface area contributed by atoms with E-state index in [1.54, 1.807) is 18.7 Å². The lowest BCUT2D eigenvalue weighted by Gasteiger charge is -2.19. The Morgan fingerprint density at radius 2 is 2.06 bits per heavy atom. The second kappa shape index (κ2) is 7.01. The van der Waals surface area contributed by atoms with Gasteiger partial charge in [0.15, 0.2) is 5.82 Å². The average Bonchev–Trinajstić information content (AvgIpc) is 2.65. The highest BCUT2D eigenvalue weighted by atomic mass is 32.2. The standard InChI is InChI=1S/C12H22N2O2S/c1-5-6-17-7-10-13-12(16-14-10)11(8(2)3)9(4)15/h8-9,11,15H,5-7H2,1-4H3. The van der Waals surface area contributed by atoms with Gasteiger partial charge in [0.2, 0.25) is 5.89 Å². The average molecular weight is 258 g/mol. The maximum atomic E-state index is 9.73. The summed E-state index contributed by atoms with van der Waals surface area (Å²) in [5, 5.41) is 13.7. The molecule has 0 fully saturated rings. The summed E-state index contributed by atoms with van der Waals surface area (Å²) in [6.45, 7) is 8.01. The largest absolute Gasteiger partial charge is 0.393 e. The van der Waals surface area contributed by atoms with Crippen LogP contribution in [0.2, 0.25) is 0 Å². The summed E-state index contributed by atoms with van der Waals surface area (Å²) < 4.78 is 5.25. The van der Waals surface area contributed by atoms with Crippen LogP contribution in [-0.2, 0) is 5.75 Å². The summed E-state index contributed by atoms with van der Waals surface area (Å²) in [4.78, 5) is 4.37. The van der Waals surface area contributed by atoms with Gasteiger partial charge in [0.05, 0.1) is 17.8 Å². The van der Waals surface area contributed by atoms with E-state index in [2.05, 4.69) is 17.1 Å². The Bertz CT molecular complexity index is 318. The fourth-order valence-corrected chi connectivity index (χ4v) is 2.55. The minimum atomic E-state index is -0.466. The molecule has 2 atom stereocenters. The Morgan fingerprint density at radius 3 is 2.59 bits per heavy atom. The van der Waals surface area contributed by atoms with Crippen LogP contribution in [-0.4, -0.2) is 27.1 Å². The van der Waals surface area contributed by atoms with E-state index < -0.39 is 6.10 Å². The smallest absolute Gasteiger partial charge is 0.232 e. The molecule has 0 aliphatic heterocycles. The molecular weight excluding hydrogens is 236 g/mol. The quantitative estimate of drug-likeness (QED) is 0.762. The number of hydrogen-bond donors (Lipinski definition) is 1. The molecule has 0 spiro atoms. The summed E-state index contributed by atoms with van der Waals surface area (Å²) in [6.07, 6.45) is 0.684. The van der Waals surface area contributed by atoms with Crippen LogP contribution in [0, 0.1) is 5.92 Å². The van der Waals surface area contributed by atoms with Crippen molar-refractivity contribution in [2.75, 3.05) is 5.75 Å². The Morgan fingerprint density at radius 1 is 1.35 bits per heavy atom. The summed E-state index contributed by atoms with van der Waals surface area (Å²) in [5.74, 6) is 3.38. The molecule has 1 heterocycles. The number of thioether (sulfide) groups is 1. The molecule has 2 unspecified atom stereocenters. The van der Waals surface area contributed by atoms with E-state index in [-0.39, 0.29) is 11.8 Å². The van der Waals surface area contributed by atoms with Gasteiger partial charge in [-0.25, -0.2) is 0 Å². The first-order valence-corrected chi connectivity index (χ1v) is 7.30. The Kier molecular flexibility index (Phi) is 5.98. The molecule has 4 nitrogen and oxygen atoms in total. The first-order valence-electron chi connectivity index (χ1n) is 6.14. The Hall–Kier alpha value is -0.550. The molecule has 17 heavy (non-hydrogen) atoms. The number of nitrogens with zero attached hydrogens (tertiary/aromatic N) is 2. The zero-order valence-corrected chi connectivity index (χ0v) is 11.8. The van der Waals surface area contributed by atoms with Crippen LogP contribution in [0.1, 0.15) is 51.7 Å². The first-order chi connectivity index (χ1) is 8.06. The van der Waals surface area contributed by atoms with Gasteiger partial charge in [0.25, 0.3) is 0 Å². The Balaban J connectivity index is 2.65. The van der Waals surface area contributed by atoms with Gasteiger partial charge in [-0.15, -0.1) is 0 Å². The van der Waals surface area contributed by atoms with Crippen molar-refractivity contribution in [1.82, 2.24) is 10.1 Å². The zero-order valence-electron chi connectivity index (χ0n) is 11.0. The van der Waals surface area contributed by atoms with Crippen LogP contribution >= 0.6 is 11.8 Å². The summed E-state index contributed by atoms with van der Waals surface area (Å²) in [7, 11) is 0. The van der Waals surface area contributed by atoms with Crippen LogP contribution in [0.3, 0.4) is 0 Å². The maximum Gasteiger partial charge on any atom is 0.232 e. The van der Waals surface area contributed by atoms with Crippen molar-refractivity contribution in [2.45, 2.75) is 51.9 Å². The second-order valence-electron chi connectivity index (χ2n) is 4.61. The van der Waals surface area contributed by atoms with Gasteiger partial charge in [0, 0.05) is 0 Å². The van der Waals surface area contributed by atoms with Gasteiger partial charge in [-0.2, -0.15) is 16.7 Å². The highest BCUT2D eigenvalue weighted by Gasteiger charge is 2.26. The molecule has 0 saturated carbocycles. The molecule has 1 aromatic rings. The third kappa shape index (κ3) is 4.32. The molecule has 5 heteroatoms. The van der Waals surface area contributed by atoms with Crippen molar-refractivity contribution in [1.29, 1.82) is 0 Å². The fraction of sp³-hybridized carbons (Fsp3) is 0.833. The van der Waals surface area contributed by atoms with E-state index in [1.165, 1.54) is 0 Å². The molecule has 1 N–H and O–H groups in total. The lowest BCUT2D eigenvalue weighted by Crippen LogP contribution is -2.20. The zero-order chi connectivity index (χ0) is 12.8. The number of rotatable bonds is 7. The molecule has 0 aliphatic rings. The summed E-state index contributed by atoms with van der Waals surface area (Å²) >= 11 is 1.80. The lowest BCUT2D eigenvalue weighted by molar-refractivity contribution is 0.120. The van der Waals surface area contributed by atoms with Gasteiger partial charge < -0.3 is 9.63 Å². The topological polar surface area (TPSA) is 59.2 Å². The molecule has 0 radical (unpaired) electrons. The van der Waals surface area contributed by atoms with Crippen molar-refractivity contribution in [3.05, 3.63) is 11.7 Å². The molecule has 1 aromatic heterocycles. The van der Waals surface area contributed by atoms with Crippen molar-refractivity contribution in [3.63, 3.8) is 0 Å². The molecule has 0 aliphatic carbocycles. The lowest BCUT2D eigenvalue weighted by atomic mass is 9.91. The van der Waals surface area contributed by atoms with Crippen molar-refractivity contribution in [3.8, 4) is 0 Å². The van der Waals surface area contributed by atoms with Gasteiger partial charge in [-0.05, 0) is 25.0 Å². The van der Waals surface area contributed by atoms with Crippen molar-refractivity contribution >= 4 is 11.8 Å². The molecule has 0 amide bonds. The minimum absolute atomic E-state index is 0.0765. The molecule has 1 rings (SSSR count). The maximum absolute atomic E-state index is 9.73. The molecule has 0 aromatic carbocycles. The third-order valence-corrected chi connectivity index (χ3v) is 3.75. The van der Waals surface area contributed by atoms with E-state index in [0.29, 0.717) is 5.89 Å². The predicted molar refractivity (Wildman–Crippen MR) is 70.0 cm³/mol. The van der Waals surface area contributed by atoms with Gasteiger partial charge >= 0.3 is 0 Å². The SMILES string of the molecule is CCCSCc1noc(C(C(C)C)C(C)O)n1. The monoisotopic (exact) mass is 258 g/mol. The van der Waals surface area contributed by atoms with Gasteiger partial charge in [-0.3, -0.25) is 0 Å². The number of hydrogen-bond acceptors (Lipinski definition) is 5. The summed E-state index contributed by atoms with van der Waals surface area (Å²) in [6, 6.07) is 0. The van der Waals surface area contributed by atoms with Crippen LogP contribution in [0.5, 0.6) is 0 Å². The normalized spacial score (nSPS) is 15.2. The van der Waals surface area contributed by atoms with Crippen LogP contribution in [0.15, 0.2) is 4.52 Å². The predicted octanol–water partition coefficient (Wildman–Crippen LogP) is 2.83.